The maximum atomic E-state index is 3.78. The molecule has 0 aliphatic carbocycles. The third-order valence-electron chi connectivity index (χ3n) is 2.19. The van der Waals surface area contributed by atoms with Crippen molar-refractivity contribution in [3.63, 3.8) is 0 Å². The van der Waals surface area contributed by atoms with Crippen LogP contribution in [0.4, 0.5) is 0 Å². The fraction of sp³-hybridized carbons (Fsp3) is 0.385. The summed E-state index contributed by atoms with van der Waals surface area (Å²) in [5.41, 5.74) is 3.06. The molecular weight excluding hydrogens is 156 g/mol. The van der Waals surface area contributed by atoms with Gasteiger partial charge in [-0.1, -0.05) is 51.1 Å². The fourth-order valence-corrected chi connectivity index (χ4v) is 1.59. The van der Waals surface area contributed by atoms with Crippen molar-refractivity contribution in [2.45, 2.75) is 32.6 Å². The summed E-state index contributed by atoms with van der Waals surface area (Å²) >= 11 is 0. The van der Waals surface area contributed by atoms with E-state index >= 15 is 0 Å². The Morgan fingerprint density at radius 3 is 2.38 bits per heavy atom. The first-order chi connectivity index (χ1) is 6.05. The van der Waals surface area contributed by atoms with Gasteiger partial charge in [0, 0.05) is 0 Å². The topological polar surface area (TPSA) is 0 Å². The van der Waals surface area contributed by atoms with E-state index < -0.39 is 0 Å². The van der Waals surface area contributed by atoms with Crippen molar-refractivity contribution in [3.05, 3.63) is 48.0 Å². The molecule has 0 aliphatic rings. The molecule has 0 aromatic heterocycles. The van der Waals surface area contributed by atoms with Crippen molar-refractivity contribution in [1.29, 1.82) is 0 Å². The second-order valence-electron chi connectivity index (χ2n) is 4.40. The Kier molecular flexibility index (Phi) is 2.92. The molecule has 1 aromatic carbocycles. The zero-order valence-electron chi connectivity index (χ0n) is 8.80. The van der Waals surface area contributed by atoms with Crippen LogP contribution in [0, 0.1) is 0 Å². The van der Waals surface area contributed by atoms with E-state index in [2.05, 4.69) is 51.6 Å². The first kappa shape index (κ1) is 10.0. The summed E-state index contributed by atoms with van der Waals surface area (Å²) in [4.78, 5) is 0. The predicted molar refractivity (Wildman–Crippen MR) is 59.0 cm³/mol. The summed E-state index contributed by atoms with van der Waals surface area (Å²) in [6.45, 7) is 10.5. The highest BCUT2D eigenvalue weighted by Gasteiger charge is 2.15. The quantitative estimate of drug-likeness (QED) is 0.599. The molecule has 0 saturated heterocycles. The first-order valence-electron chi connectivity index (χ1n) is 4.75. The Balaban J connectivity index is 3.11. The fourth-order valence-electron chi connectivity index (χ4n) is 1.59. The number of hydrogen-bond acceptors (Lipinski definition) is 0. The van der Waals surface area contributed by atoms with Gasteiger partial charge in [-0.15, -0.1) is 6.58 Å². The number of rotatable bonds is 2. The van der Waals surface area contributed by atoms with E-state index in [1.807, 2.05) is 6.08 Å². The van der Waals surface area contributed by atoms with Gasteiger partial charge < -0.3 is 0 Å². The minimum atomic E-state index is 0.236. The normalized spacial score (nSPS) is 11.3. The van der Waals surface area contributed by atoms with Gasteiger partial charge in [-0.3, -0.25) is 0 Å². The van der Waals surface area contributed by atoms with Crippen molar-refractivity contribution in [1.82, 2.24) is 0 Å². The highest BCUT2D eigenvalue weighted by molar-refractivity contribution is 5.33. The van der Waals surface area contributed by atoms with Crippen LogP contribution in [-0.4, -0.2) is 0 Å². The smallest absolute Gasteiger partial charge is 0.00972 e. The van der Waals surface area contributed by atoms with E-state index in [1.54, 1.807) is 0 Å². The van der Waals surface area contributed by atoms with Crippen molar-refractivity contribution in [3.8, 4) is 0 Å². The Morgan fingerprint density at radius 2 is 1.85 bits per heavy atom. The van der Waals surface area contributed by atoms with Crippen molar-refractivity contribution < 1.29 is 0 Å². The van der Waals surface area contributed by atoms with Crippen molar-refractivity contribution >= 4 is 0 Å². The van der Waals surface area contributed by atoms with Crippen LogP contribution in [-0.2, 0) is 11.8 Å². The maximum Gasteiger partial charge on any atom is -0.00972 e. The highest BCUT2D eigenvalue weighted by atomic mass is 14.2. The zero-order valence-corrected chi connectivity index (χ0v) is 8.80. The van der Waals surface area contributed by atoms with Crippen LogP contribution in [0.15, 0.2) is 36.9 Å². The van der Waals surface area contributed by atoms with Crippen LogP contribution < -0.4 is 0 Å². The third-order valence-corrected chi connectivity index (χ3v) is 2.19. The van der Waals surface area contributed by atoms with Gasteiger partial charge in [0.1, 0.15) is 0 Å². The van der Waals surface area contributed by atoms with Crippen molar-refractivity contribution in [2.24, 2.45) is 0 Å². The summed E-state index contributed by atoms with van der Waals surface area (Å²) in [7, 11) is 0. The SMILES string of the molecule is C=CCc1ccccc1C(C)(C)C. The minimum Gasteiger partial charge on any atom is -0.103 e. The monoisotopic (exact) mass is 174 g/mol. The van der Waals surface area contributed by atoms with Crippen molar-refractivity contribution in [2.75, 3.05) is 0 Å². The van der Waals surface area contributed by atoms with Crippen LogP contribution in [0.2, 0.25) is 0 Å². The summed E-state index contributed by atoms with van der Waals surface area (Å²) < 4.78 is 0. The van der Waals surface area contributed by atoms with Crippen LogP contribution >= 0.6 is 0 Å². The average molecular weight is 174 g/mol. The molecule has 1 aromatic rings. The van der Waals surface area contributed by atoms with Gasteiger partial charge >= 0.3 is 0 Å². The second-order valence-corrected chi connectivity index (χ2v) is 4.40. The first-order valence-corrected chi connectivity index (χ1v) is 4.75. The molecule has 0 spiro atoms. The zero-order chi connectivity index (χ0) is 9.90. The molecule has 0 heteroatoms. The van der Waals surface area contributed by atoms with Gasteiger partial charge in [0.05, 0.1) is 0 Å². The molecule has 0 N–H and O–H groups in total. The molecule has 1 rings (SSSR count). The minimum absolute atomic E-state index is 0.236. The van der Waals surface area contributed by atoms with Gasteiger partial charge in [-0.25, -0.2) is 0 Å². The molecular formula is C13H18. The third kappa shape index (κ3) is 2.45. The number of allylic oxidation sites excluding steroid dienone is 1. The summed E-state index contributed by atoms with van der Waals surface area (Å²) in [6.07, 6.45) is 2.93. The van der Waals surface area contributed by atoms with Crippen LogP contribution in [0.3, 0.4) is 0 Å². The maximum absolute atomic E-state index is 3.78. The van der Waals surface area contributed by atoms with Gasteiger partial charge in [0.15, 0.2) is 0 Å². The van der Waals surface area contributed by atoms with E-state index in [-0.39, 0.29) is 5.41 Å². The lowest BCUT2D eigenvalue weighted by molar-refractivity contribution is 0.584. The molecule has 0 fully saturated rings. The molecule has 13 heavy (non-hydrogen) atoms. The van der Waals surface area contributed by atoms with E-state index in [4.69, 9.17) is 0 Å². The van der Waals surface area contributed by atoms with Crippen LogP contribution in [0.25, 0.3) is 0 Å². The van der Waals surface area contributed by atoms with Gasteiger partial charge in [0.25, 0.3) is 0 Å². The predicted octanol–water partition coefficient (Wildman–Crippen LogP) is 3.71. The standard InChI is InChI=1S/C13H18/c1-5-8-11-9-6-7-10-12(11)13(2,3)4/h5-7,9-10H,1,8H2,2-4H3. The van der Waals surface area contributed by atoms with Crippen LogP contribution in [0.5, 0.6) is 0 Å². The summed E-state index contributed by atoms with van der Waals surface area (Å²) in [6, 6.07) is 8.59. The lowest BCUT2D eigenvalue weighted by Gasteiger charge is -2.22. The number of hydrogen-bond donors (Lipinski definition) is 0. The van der Waals surface area contributed by atoms with E-state index in [0.717, 1.165) is 6.42 Å². The summed E-state index contributed by atoms with van der Waals surface area (Å²) in [5.74, 6) is 0. The lowest BCUT2D eigenvalue weighted by Crippen LogP contribution is -2.13. The lowest BCUT2D eigenvalue weighted by atomic mass is 9.83. The van der Waals surface area contributed by atoms with Gasteiger partial charge in [-0.05, 0) is 23.0 Å². The van der Waals surface area contributed by atoms with Crippen LogP contribution in [0.1, 0.15) is 31.9 Å². The molecule has 0 aliphatic heterocycles. The van der Waals surface area contributed by atoms with Gasteiger partial charge in [-0.2, -0.15) is 0 Å². The molecule has 0 amide bonds. The van der Waals surface area contributed by atoms with E-state index in [1.165, 1.54) is 11.1 Å². The Hall–Kier alpha value is -1.04. The second kappa shape index (κ2) is 3.78. The molecule has 0 saturated carbocycles. The molecule has 0 nitrogen and oxygen atoms in total. The molecule has 0 atom stereocenters. The largest absolute Gasteiger partial charge is 0.103 e. The van der Waals surface area contributed by atoms with Gasteiger partial charge in [0.2, 0.25) is 0 Å². The molecule has 70 valence electrons. The Morgan fingerprint density at radius 1 is 1.23 bits per heavy atom. The van der Waals surface area contributed by atoms with E-state index in [0.29, 0.717) is 0 Å². The highest BCUT2D eigenvalue weighted by Crippen LogP contribution is 2.25. The van der Waals surface area contributed by atoms with E-state index in [9.17, 15) is 0 Å². The summed E-state index contributed by atoms with van der Waals surface area (Å²) in [5, 5.41) is 0. The molecule has 0 unspecified atom stereocenters. The number of benzene rings is 1. The molecule has 0 heterocycles. The Bertz CT molecular complexity index is 289. The molecule has 0 radical (unpaired) electrons. The Labute approximate surface area is 81.3 Å². The average Bonchev–Trinajstić information content (AvgIpc) is 2.04. The molecule has 0 bridgehead atoms.